The van der Waals surface area contributed by atoms with Crippen molar-refractivity contribution in [3.63, 3.8) is 0 Å². The molecule has 0 spiro atoms. The zero-order valence-electron chi connectivity index (χ0n) is 19.1. The Morgan fingerprint density at radius 3 is 3.03 bits per heavy atom. The fourth-order valence-electron chi connectivity index (χ4n) is 5.39. The molecule has 0 N–H and O–H groups in total. The Morgan fingerprint density at radius 1 is 1.34 bits per heavy atom. The molecule has 5 nitrogen and oxygen atoms in total. The van der Waals surface area contributed by atoms with Crippen LogP contribution in [0.2, 0.25) is 0 Å². The summed E-state index contributed by atoms with van der Waals surface area (Å²) in [6.45, 7) is 4.60. The second kappa shape index (κ2) is 8.61. The third kappa shape index (κ3) is 3.89. The lowest BCUT2D eigenvalue weighted by Gasteiger charge is -2.20. The van der Waals surface area contributed by atoms with Gasteiger partial charge in [0.05, 0.1) is 25.3 Å². The van der Waals surface area contributed by atoms with E-state index in [4.69, 9.17) is 13.9 Å². The predicted octanol–water partition coefficient (Wildman–Crippen LogP) is 5.42. The summed E-state index contributed by atoms with van der Waals surface area (Å²) in [6, 6.07) is 6.28. The Bertz CT molecular complexity index is 1080. The largest absolute Gasteiger partial charge is 0.493 e. The van der Waals surface area contributed by atoms with Crippen molar-refractivity contribution in [1.82, 2.24) is 4.98 Å². The third-order valence-corrected chi connectivity index (χ3v) is 7.28. The molecule has 0 bridgehead atoms. The minimum Gasteiger partial charge on any atom is -0.493 e. The van der Waals surface area contributed by atoms with E-state index < -0.39 is 0 Å². The number of rotatable bonds is 8. The molecule has 0 radical (unpaired) electrons. The quantitative estimate of drug-likeness (QED) is 0.520. The first kappa shape index (κ1) is 21.0. The maximum Gasteiger partial charge on any atom is 0.309 e. The number of hydrogen-bond donors (Lipinski definition) is 0. The van der Waals surface area contributed by atoms with Gasteiger partial charge in [-0.2, -0.15) is 0 Å². The zero-order chi connectivity index (χ0) is 22.2. The first-order valence-corrected chi connectivity index (χ1v) is 11.8. The monoisotopic (exact) mass is 433 g/mol. The van der Waals surface area contributed by atoms with Crippen molar-refractivity contribution in [3.8, 4) is 5.75 Å². The van der Waals surface area contributed by atoms with E-state index in [1.54, 1.807) is 0 Å². The van der Waals surface area contributed by atoms with Crippen LogP contribution in [0.15, 0.2) is 40.8 Å². The molecule has 1 aromatic heterocycles. The number of aryl methyl sites for hydroxylation is 2. The highest BCUT2D eigenvalue weighted by Gasteiger charge is 2.41. The molecule has 5 heteroatoms. The van der Waals surface area contributed by atoms with Gasteiger partial charge in [0.15, 0.2) is 0 Å². The summed E-state index contributed by atoms with van der Waals surface area (Å²) in [5.74, 6) is 3.86. The lowest BCUT2D eigenvalue weighted by Crippen LogP contribution is -2.21. The number of carbonyl (C=O) groups is 1. The topological polar surface area (TPSA) is 61.6 Å². The van der Waals surface area contributed by atoms with Gasteiger partial charge < -0.3 is 13.9 Å². The summed E-state index contributed by atoms with van der Waals surface area (Å²) in [6.07, 6.45) is 11.2. The number of ether oxygens (including phenoxy) is 2. The first-order valence-electron chi connectivity index (χ1n) is 11.8. The Balaban J connectivity index is 1.21. The molecule has 3 aliphatic carbocycles. The van der Waals surface area contributed by atoms with E-state index >= 15 is 0 Å². The highest BCUT2D eigenvalue weighted by Crippen LogP contribution is 2.51. The van der Waals surface area contributed by atoms with Gasteiger partial charge in [0.2, 0.25) is 5.89 Å². The van der Waals surface area contributed by atoms with Crippen molar-refractivity contribution < 1.29 is 18.7 Å². The van der Waals surface area contributed by atoms with Crippen LogP contribution >= 0.6 is 0 Å². The molecule has 32 heavy (non-hydrogen) atoms. The average molecular weight is 434 g/mol. The molecule has 0 saturated heterocycles. The SMILES string of the molecule is CCC(C(=O)OC)C1CCc2cc(OCCc3oc(C4=CC=CC5CC45)nc3C)ccc21. The summed E-state index contributed by atoms with van der Waals surface area (Å²) in [7, 11) is 1.48. The van der Waals surface area contributed by atoms with E-state index in [0.717, 1.165) is 42.4 Å². The van der Waals surface area contributed by atoms with Crippen LogP contribution in [0.4, 0.5) is 0 Å². The smallest absolute Gasteiger partial charge is 0.309 e. The van der Waals surface area contributed by atoms with E-state index in [0.29, 0.717) is 24.9 Å². The number of fused-ring (bicyclic) bond motifs is 2. The molecule has 4 atom stereocenters. The van der Waals surface area contributed by atoms with Gasteiger partial charge in [-0.1, -0.05) is 31.2 Å². The molecule has 1 heterocycles. The number of carbonyl (C=O) groups excluding carboxylic acids is 1. The van der Waals surface area contributed by atoms with Gasteiger partial charge >= 0.3 is 5.97 Å². The standard InChI is InChI=1S/C27H31NO4/c1-4-20(27(29)30-3)22-10-8-18-14-19(9-11-21(18)22)31-13-12-25-16(2)28-26(32-25)23-7-5-6-17-15-24(17)23/h5-7,9,11,14,17,20,22,24H,4,8,10,12-13,15H2,1-3H3. The van der Waals surface area contributed by atoms with E-state index in [-0.39, 0.29) is 17.8 Å². The number of benzene rings is 1. The van der Waals surface area contributed by atoms with Gasteiger partial charge in [0, 0.05) is 12.0 Å². The minimum absolute atomic E-state index is 0.0719. The number of methoxy groups -OCH3 is 1. The van der Waals surface area contributed by atoms with Gasteiger partial charge in [0.1, 0.15) is 11.5 Å². The number of aromatic nitrogens is 1. The van der Waals surface area contributed by atoms with Crippen LogP contribution in [0, 0.1) is 24.7 Å². The summed E-state index contributed by atoms with van der Waals surface area (Å²) in [4.78, 5) is 16.8. The highest BCUT2D eigenvalue weighted by atomic mass is 16.5. The first-order chi connectivity index (χ1) is 15.6. The summed E-state index contributed by atoms with van der Waals surface area (Å²) in [5, 5.41) is 0. The summed E-state index contributed by atoms with van der Waals surface area (Å²) < 4.78 is 17.2. The van der Waals surface area contributed by atoms with Crippen molar-refractivity contribution >= 4 is 11.5 Å². The van der Waals surface area contributed by atoms with Gasteiger partial charge in [-0.25, -0.2) is 4.98 Å². The summed E-state index contributed by atoms with van der Waals surface area (Å²) in [5.41, 5.74) is 4.72. The fourth-order valence-corrected chi connectivity index (χ4v) is 5.39. The fraction of sp³-hybridized carbons (Fsp3) is 0.481. The van der Waals surface area contributed by atoms with Crippen LogP contribution in [0.3, 0.4) is 0 Å². The molecule has 5 rings (SSSR count). The molecule has 1 fully saturated rings. The lowest BCUT2D eigenvalue weighted by atomic mass is 9.85. The molecule has 1 aromatic carbocycles. The normalized spacial score (nSPS) is 23.8. The minimum atomic E-state index is -0.107. The molecule has 4 unspecified atom stereocenters. The number of hydrogen-bond acceptors (Lipinski definition) is 5. The Morgan fingerprint density at radius 2 is 2.22 bits per heavy atom. The molecule has 0 amide bonds. The Hall–Kier alpha value is -2.82. The van der Waals surface area contributed by atoms with Crippen LogP contribution in [0.25, 0.3) is 5.57 Å². The van der Waals surface area contributed by atoms with Crippen molar-refractivity contribution in [1.29, 1.82) is 0 Å². The Kier molecular flexibility index (Phi) is 5.66. The number of esters is 1. The van der Waals surface area contributed by atoms with E-state index in [2.05, 4.69) is 42.3 Å². The van der Waals surface area contributed by atoms with Crippen molar-refractivity contribution in [2.75, 3.05) is 13.7 Å². The third-order valence-electron chi connectivity index (χ3n) is 7.28. The highest BCUT2D eigenvalue weighted by molar-refractivity contribution is 5.74. The number of allylic oxidation sites excluding steroid dienone is 4. The van der Waals surface area contributed by atoms with Gasteiger partial charge in [0.25, 0.3) is 0 Å². The van der Waals surface area contributed by atoms with E-state index in [9.17, 15) is 4.79 Å². The van der Waals surface area contributed by atoms with Crippen molar-refractivity contribution in [2.24, 2.45) is 17.8 Å². The number of nitrogens with zero attached hydrogens (tertiary/aromatic N) is 1. The van der Waals surface area contributed by atoms with Crippen LogP contribution in [0.1, 0.15) is 60.6 Å². The average Bonchev–Trinajstić information content (AvgIpc) is 3.37. The maximum absolute atomic E-state index is 12.2. The molecule has 168 valence electrons. The predicted molar refractivity (Wildman–Crippen MR) is 122 cm³/mol. The van der Waals surface area contributed by atoms with E-state index in [1.165, 1.54) is 30.2 Å². The van der Waals surface area contributed by atoms with Crippen LogP contribution in [0.5, 0.6) is 5.75 Å². The second-order valence-corrected chi connectivity index (χ2v) is 9.18. The van der Waals surface area contributed by atoms with Gasteiger partial charge in [-0.3, -0.25) is 4.79 Å². The maximum atomic E-state index is 12.2. The van der Waals surface area contributed by atoms with Gasteiger partial charge in [-0.05, 0) is 73.6 Å². The lowest BCUT2D eigenvalue weighted by molar-refractivity contribution is -0.146. The molecule has 2 aromatic rings. The zero-order valence-corrected chi connectivity index (χ0v) is 19.1. The summed E-state index contributed by atoms with van der Waals surface area (Å²) >= 11 is 0. The van der Waals surface area contributed by atoms with Crippen molar-refractivity contribution in [3.05, 3.63) is 64.9 Å². The van der Waals surface area contributed by atoms with Crippen LogP contribution in [-0.2, 0) is 22.4 Å². The second-order valence-electron chi connectivity index (χ2n) is 9.18. The van der Waals surface area contributed by atoms with Gasteiger partial charge in [-0.15, -0.1) is 0 Å². The van der Waals surface area contributed by atoms with Crippen LogP contribution in [-0.4, -0.2) is 24.7 Å². The van der Waals surface area contributed by atoms with Crippen molar-refractivity contribution in [2.45, 2.75) is 51.9 Å². The molecular formula is C27H31NO4. The molecule has 1 saturated carbocycles. The number of oxazole rings is 1. The Labute approximate surface area is 189 Å². The van der Waals surface area contributed by atoms with Crippen LogP contribution < -0.4 is 4.74 Å². The molecule has 3 aliphatic rings. The molecule has 0 aliphatic heterocycles. The molecular weight excluding hydrogens is 402 g/mol. The van der Waals surface area contributed by atoms with E-state index in [1.807, 2.05) is 13.0 Å².